The summed E-state index contributed by atoms with van der Waals surface area (Å²) in [5, 5.41) is 0. The summed E-state index contributed by atoms with van der Waals surface area (Å²) in [4.78, 5) is 11.8. The van der Waals surface area contributed by atoms with Crippen molar-refractivity contribution in [3.05, 3.63) is 35.4 Å². The topological polar surface area (TPSA) is 61.5 Å². The predicted octanol–water partition coefficient (Wildman–Crippen LogP) is 2.46. The molecule has 0 aromatic heterocycles. The number of carbonyl (C=O) groups is 1. The highest BCUT2D eigenvalue weighted by Crippen LogP contribution is 2.14. The molecule has 0 fully saturated rings. The summed E-state index contributed by atoms with van der Waals surface area (Å²) in [5.74, 6) is 1.51. The minimum absolute atomic E-state index is 0.0970. The Bertz CT molecular complexity index is 410. The lowest BCUT2D eigenvalue weighted by Gasteiger charge is -2.09. The average Bonchev–Trinajstić information content (AvgIpc) is 2.42. The molecule has 112 valence electrons. The van der Waals surface area contributed by atoms with Crippen molar-refractivity contribution in [2.24, 2.45) is 5.73 Å². The van der Waals surface area contributed by atoms with Crippen LogP contribution in [-0.4, -0.2) is 37.6 Å². The number of ether oxygens (including phenoxy) is 2. The molecule has 0 radical (unpaired) electrons. The molecule has 1 rings (SSSR count). The van der Waals surface area contributed by atoms with E-state index in [-0.39, 0.29) is 12.1 Å². The van der Waals surface area contributed by atoms with Crippen molar-refractivity contribution in [1.29, 1.82) is 0 Å². The van der Waals surface area contributed by atoms with E-state index in [9.17, 15) is 4.79 Å². The van der Waals surface area contributed by atoms with E-state index in [4.69, 9.17) is 15.2 Å². The number of rotatable bonds is 9. The molecule has 0 spiro atoms. The number of esters is 1. The van der Waals surface area contributed by atoms with Crippen molar-refractivity contribution < 1.29 is 14.3 Å². The maximum atomic E-state index is 11.8. The lowest BCUT2D eigenvalue weighted by atomic mass is 10.1. The van der Waals surface area contributed by atoms with Crippen LogP contribution in [0.4, 0.5) is 0 Å². The third kappa shape index (κ3) is 6.93. The van der Waals surface area contributed by atoms with Gasteiger partial charge in [-0.3, -0.25) is 0 Å². The zero-order valence-corrected chi connectivity index (χ0v) is 12.9. The summed E-state index contributed by atoms with van der Waals surface area (Å²) < 4.78 is 10.5. The molecule has 0 bridgehead atoms. The van der Waals surface area contributed by atoms with Crippen LogP contribution >= 0.6 is 11.8 Å². The maximum absolute atomic E-state index is 11.8. The van der Waals surface area contributed by atoms with Crippen molar-refractivity contribution in [1.82, 2.24) is 0 Å². The minimum Gasteiger partial charge on any atom is -0.459 e. The Labute approximate surface area is 125 Å². The quantitative estimate of drug-likeness (QED) is 0.560. The van der Waals surface area contributed by atoms with Crippen LogP contribution < -0.4 is 5.73 Å². The van der Waals surface area contributed by atoms with Gasteiger partial charge in [0.25, 0.3) is 0 Å². The van der Waals surface area contributed by atoms with Crippen molar-refractivity contribution in [2.45, 2.75) is 25.7 Å². The second-order valence-corrected chi connectivity index (χ2v) is 5.71. The van der Waals surface area contributed by atoms with Crippen LogP contribution in [0.5, 0.6) is 0 Å². The van der Waals surface area contributed by atoms with Gasteiger partial charge in [0, 0.05) is 18.1 Å². The molecule has 0 heterocycles. The fourth-order valence-electron chi connectivity index (χ4n) is 1.56. The molecule has 2 N–H and O–H groups in total. The number of thioether (sulfide) groups is 1. The Morgan fingerprint density at radius 2 is 2.15 bits per heavy atom. The highest BCUT2D eigenvalue weighted by atomic mass is 32.2. The molecule has 1 aromatic carbocycles. The second kappa shape index (κ2) is 9.80. The predicted molar refractivity (Wildman–Crippen MR) is 83.0 cm³/mol. The fourth-order valence-corrected chi connectivity index (χ4v) is 2.36. The van der Waals surface area contributed by atoms with Gasteiger partial charge in [-0.25, -0.2) is 4.79 Å². The average molecular weight is 297 g/mol. The third-order valence-electron chi connectivity index (χ3n) is 2.41. The van der Waals surface area contributed by atoms with Gasteiger partial charge in [0.2, 0.25) is 0 Å². The highest BCUT2D eigenvalue weighted by Gasteiger charge is 2.09. The van der Waals surface area contributed by atoms with Gasteiger partial charge in [-0.2, -0.15) is 11.8 Å². The first-order valence-corrected chi connectivity index (χ1v) is 7.94. The van der Waals surface area contributed by atoms with Crippen molar-refractivity contribution in [3.63, 3.8) is 0 Å². The smallest absolute Gasteiger partial charge is 0.338 e. The monoisotopic (exact) mass is 297 g/mol. The Morgan fingerprint density at radius 3 is 2.85 bits per heavy atom. The van der Waals surface area contributed by atoms with Gasteiger partial charge in [-0.15, -0.1) is 0 Å². The molecular formula is C15H23NO3S. The van der Waals surface area contributed by atoms with Crippen LogP contribution in [0.15, 0.2) is 24.3 Å². The third-order valence-corrected chi connectivity index (χ3v) is 3.40. The van der Waals surface area contributed by atoms with Crippen LogP contribution in [0.25, 0.3) is 0 Å². The number of nitrogens with two attached hydrogens (primary N) is 1. The van der Waals surface area contributed by atoms with E-state index in [0.29, 0.717) is 25.3 Å². The van der Waals surface area contributed by atoms with Crippen LogP contribution in [0, 0.1) is 0 Å². The van der Waals surface area contributed by atoms with E-state index in [0.717, 1.165) is 17.1 Å². The molecule has 0 aliphatic rings. The molecule has 0 aliphatic heterocycles. The summed E-state index contributed by atoms with van der Waals surface area (Å²) in [7, 11) is 0. The summed E-state index contributed by atoms with van der Waals surface area (Å²) in [6, 6.07) is 7.57. The van der Waals surface area contributed by atoms with Gasteiger partial charge in [-0.05, 0) is 31.5 Å². The zero-order valence-electron chi connectivity index (χ0n) is 12.1. The summed E-state index contributed by atoms with van der Waals surface area (Å²) in [5.41, 5.74) is 7.06. The minimum atomic E-state index is -0.266. The fraction of sp³-hybridized carbons (Fsp3) is 0.533. The molecule has 0 unspecified atom stereocenters. The number of hydrogen-bond donors (Lipinski definition) is 1. The van der Waals surface area contributed by atoms with Gasteiger partial charge in [0.1, 0.15) is 0 Å². The summed E-state index contributed by atoms with van der Waals surface area (Å²) in [6.07, 6.45) is -0.0970. The van der Waals surface area contributed by atoms with Gasteiger partial charge in [-0.1, -0.05) is 12.1 Å². The van der Waals surface area contributed by atoms with E-state index in [1.807, 2.05) is 32.0 Å². The molecule has 0 atom stereocenters. The van der Waals surface area contributed by atoms with Gasteiger partial charge < -0.3 is 15.2 Å². The van der Waals surface area contributed by atoms with E-state index in [2.05, 4.69) is 0 Å². The first kappa shape index (κ1) is 17.0. The number of hydrogen-bond acceptors (Lipinski definition) is 5. The molecule has 5 heteroatoms. The zero-order chi connectivity index (χ0) is 14.8. The number of benzene rings is 1. The van der Waals surface area contributed by atoms with Crippen LogP contribution in [0.1, 0.15) is 29.8 Å². The molecule has 0 saturated heterocycles. The normalized spacial score (nSPS) is 10.8. The molecule has 0 aliphatic carbocycles. The van der Waals surface area contributed by atoms with E-state index >= 15 is 0 Å². The second-order valence-electron chi connectivity index (χ2n) is 4.61. The first-order chi connectivity index (χ1) is 9.63. The van der Waals surface area contributed by atoms with Crippen LogP contribution in [0.3, 0.4) is 0 Å². The van der Waals surface area contributed by atoms with E-state index in [1.165, 1.54) is 0 Å². The van der Waals surface area contributed by atoms with Crippen molar-refractivity contribution in [3.8, 4) is 0 Å². The highest BCUT2D eigenvalue weighted by molar-refractivity contribution is 7.98. The SMILES string of the molecule is CC(C)OC(=O)c1cccc(CSCCOCCN)c1. The molecule has 20 heavy (non-hydrogen) atoms. The summed E-state index contributed by atoms with van der Waals surface area (Å²) in [6.45, 7) is 5.57. The van der Waals surface area contributed by atoms with Gasteiger partial charge in [0.15, 0.2) is 0 Å². The van der Waals surface area contributed by atoms with Crippen molar-refractivity contribution in [2.75, 3.05) is 25.5 Å². The van der Waals surface area contributed by atoms with E-state index in [1.54, 1.807) is 17.8 Å². The molecule has 4 nitrogen and oxygen atoms in total. The Balaban J connectivity index is 2.38. The lowest BCUT2D eigenvalue weighted by Crippen LogP contribution is -2.11. The van der Waals surface area contributed by atoms with Crippen LogP contribution in [-0.2, 0) is 15.2 Å². The maximum Gasteiger partial charge on any atom is 0.338 e. The Kier molecular flexibility index (Phi) is 8.34. The van der Waals surface area contributed by atoms with Crippen LogP contribution in [0.2, 0.25) is 0 Å². The van der Waals surface area contributed by atoms with Crippen molar-refractivity contribution >= 4 is 17.7 Å². The largest absolute Gasteiger partial charge is 0.459 e. The molecule has 0 amide bonds. The van der Waals surface area contributed by atoms with Gasteiger partial charge >= 0.3 is 5.97 Å². The Hall–Kier alpha value is -1.04. The molecule has 0 saturated carbocycles. The van der Waals surface area contributed by atoms with E-state index < -0.39 is 0 Å². The lowest BCUT2D eigenvalue weighted by molar-refractivity contribution is 0.0378. The first-order valence-electron chi connectivity index (χ1n) is 6.79. The Morgan fingerprint density at radius 1 is 1.35 bits per heavy atom. The molecular weight excluding hydrogens is 274 g/mol. The van der Waals surface area contributed by atoms with Gasteiger partial charge in [0.05, 0.1) is 24.9 Å². The molecule has 1 aromatic rings. The summed E-state index contributed by atoms with van der Waals surface area (Å²) >= 11 is 1.77. The standard InChI is InChI=1S/C15H23NO3S/c1-12(2)19-15(17)14-5-3-4-13(10-14)11-20-9-8-18-7-6-16/h3-5,10,12H,6-9,11,16H2,1-2H3. The number of carbonyl (C=O) groups excluding carboxylic acids is 1.